The van der Waals surface area contributed by atoms with Crippen LogP contribution in [0.2, 0.25) is 0 Å². The Morgan fingerprint density at radius 3 is 2.73 bits per heavy atom. The molecule has 3 aromatic rings. The maximum atomic E-state index is 12.3. The van der Waals surface area contributed by atoms with Crippen LogP contribution in [0.3, 0.4) is 0 Å². The fourth-order valence-electron chi connectivity index (χ4n) is 2.47. The van der Waals surface area contributed by atoms with E-state index < -0.39 is 12.6 Å². The zero-order chi connectivity index (χ0) is 18.7. The van der Waals surface area contributed by atoms with Gasteiger partial charge in [0.05, 0.1) is 12.0 Å². The average molecular weight is 374 g/mol. The van der Waals surface area contributed by atoms with Crippen LogP contribution in [0.15, 0.2) is 29.1 Å². The van der Waals surface area contributed by atoms with Crippen molar-refractivity contribution in [3.05, 3.63) is 39.5 Å². The molecule has 0 radical (unpaired) electrons. The molecule has 0 atom stereocenters. The smallest absolute Gasteiger partial charge is 0.341 e. The SMILES string of the molecule is CCOc1cc(-c2nc3sc(CC)cc3c(=O)[nH]2)ccc1OCC(=O)O. The first kappa shape index (κ1) is 17.9. The van der Waals surface area contributed by atoms with E-state index in [1.54, 1.807) is 18.2 Å². The van der Waals surface area contributed by atoms with E-state index >= 15 is 0 Å². The van der Waals surface area contributed by atoms with Gasteiger partial charge in [-0.1, -0.05) is 6.92 Å². The van der Waals surface area contributed by atoms with Crippen LogP contribution < -0.4 is 15.0 Å². The van der Waals surface area contributed by atoms with Crippen LogP contribution in [0.4, 0.5) is 0 Å². The molecular weight excluding hydrogens is 356 g/mol. The Labute approximate surface area is 153 Å². The largest absolute Gasteiger partial charge is 0.490 e. The van der Waals surface area contributed by atoms with Gasteiger partial charge in [-0.3, -0.25) is 4.79 Å². The third kappa shape index (κ3) is 3.70. The highest BCUT2D eigenvalue weighted by molar-refractivity contribution is 7.18. The highest BCUT2D eigenvalue weighted by Gasteiger charge is 2.13. The number of hydrogen-bond donors (Lipinski definition) is 2. The van der Waals surface area contributed by atoms with E-state index in [2.05, 4.69) is 9.97 Å². The summed E-state index contributed by atoms with van der Waals surface area (Å²) >= 11 is 1.50. The van der Waals surface area contributed by atoms with Gasteiger partial charge >= 0.3 is 5.97 Å². The first-order valence-corrected chi connectivity index (χ1v) is 8.98. The molecule has 0 spiro atoms. The lowest BCUT2D eigenvalue weighted by Gasteiger charge is -2.12. The molecule has 2 N–H and O–H groups in total. The van der Waals surface area contributed by atoms with Gasteiger partial charge in [0.1, 0.15) is 10.7 Å². The Hall–Kier alpha value is -2.87. The van der Waals surface area contributed by atoms with E-state index in [1.807, 2.05) is 19.9 Å². The molecule has 0 saturated carbocycles. The molecule has 0 aliphatic heterocycles. The predicted molar refractivity (Wildman–Crippen MR) is 99.4 cm³/mol. The highest BCUT2D eigenvalue weighted by Crippen LogP contribution is 2.32. The van der Waals surface area contributed by atoms with Crippen molar-refractivity contribution in [1.29, 1.82) is 0 Å². The Morgan fingerprint density at radius 2 is 2.04 bits per heavy atom. The number of benzene rings is 1. The van der Waals surface area contributed by atoms with Gasteiger partial charge in [0, 0.05) is 10.4 Å². The van der Waals surface area contributed by atoms with Crippen LogP contribution in [0.25, 0.3) is 21.6 Å². The zero-order valence-corrected chi connectivity index (χ0v) is 15.2. The Morgan fingerprint density at radius 1 is 1.23 bits per heavy atom. The number of thiophene rings is 1. The maximum Gasteiger partial charge on any atom is 0.341 e. The van der Waals surface area contributed by atoms with E-state index in [1.165, 1.54) is 11.3 Å². The number of hydrogen-bond acceptors (Lipinski definition) is 6. The second kappa shape index (κ2) is 7.57. The molecular formula is C18H18N2O5S. The summed E-state index contributed by atoms with van der Waals surface area (Å²) in [7, 11) is 0. The molecule has 26 heavy (non-hydrogen) atoms. The van der Waals surface area contributed by atoms with Crippen molar-refractivity contribution in [3.63, 3.8) is 0 Å². The number of aromatic amines is 1. The second-order valence-corrected chi connectivity index (χ2v) is 6.59. The van der Waals surface area contributed by atoms with Crippen LogP contribution in [-0.4, -0.2) is 34.3 Å². The van der Waals surface area contributed by atoms with Crippen LogP contribution in [0.5, 0.6) is 11.5 Å². The summed E-state index contributed by atoms with van der Waals surface area (Å²) in [5.74, 6) is 0.0791. The quantitative estimate of drug-likeness (QED) is 0.659. The predicted octanol–water partition coefficient (Wildman–Crippen LogP) is 3.08. The lowest BCUT2D eigenvalue weighted by atomic mass is 10.2. The van der Waals surface area contributed by atoms with Crippen molar-refractivity contribution in [1.82, 2.24) is 9.97 Å². The first-order valence-electron chi connectivity index (χ1n) is 8.16. The van der Waals surface area contributed by atoms with Crippen molar-refractivity contribution < 1.29 is 19.4 Å². The van der Waals surface area contributed by atoms with Gasteiger partial charge in [-0.2, -0.15) is 0 Å². The molecule has 136 valence electrons. The minimum Gasteiger partial charge on any atom is -0.490 e. The van der Waals surface area contributed by atoms with Gasteiger partial charge in [-0.25, -0.2) is 9.78 Å². The van der Waals surface area contributed by atoms with Gasteiger partial charge in [0.25, 0.3) is 5.56 Å². The fraction of sp³-hybridized carbons (Fsp3) is 0.278. The zero-order valence-electron chi connectivity index (χ0n) is 14.4. The Bertz CT molecular complexity index is 1010. The third-order valence-electron chi connectivity index (χ3n) is 3.67. The Kier molecular flexibility index (Phi) is 5.22. The molecule has 0 unspecified atom stereocenters. The topological polar surface area (TPSA) is 102 Å². The number of ether oxygens (including phenoxy) is 2. The number of aliphatic carboxylic acids is 1. The molecule has 0 aliphatic rings. The molecule has 0 saturated heterocycles. The number of carboxylic acids is 1. The highest BCUT2D eigenvalue weighted by atomic mass is 32.1. The summed E-state index contributed by atoms with van der Waals surface area (Å²) in [4.78, 5) is 32.2. The minimum absolute atomic E-state index is 0.190. The first-order chi connectivity index (χ1) is 12.5. The fourth-order valence-corrected chi connectivity index (χ4v) is 3.44. The molecule has 0 fully saturated rings. The number of carbonyl (C=O) groups is 1. The van der Waals surface area contributed by atoms with Gasteiger partial charge in [0.15, 0.2) is 18.1 Å². The van der Waals surface area contributed by atoms with Crippen molar-refractivity contribution in [2.75, 3.05) is 13.2 Å². The third-order valence-corrected chi connectivity index (χ3v) is 4.84. The average Bonchev–Trinajstić information content (AvgIpc) is 3.04. The minimum atomic E-state index is -1.07. The number of rotatable bonds is 7. The number of H-pyrrole nitrogens is 1. The molecule has 8 heteroatoms. The molecule has 1 aromatic carbocycles. The second-order valence-electron chi connectivity index (χ2n) is 5.48. The van der Waals surface area contributed by atoms with Gasteiger partial charge < -0.3 is 19.6 Å². The van der Waals surface area contributed by atoms with Crippen molar-refractivity contribution in [2.24, 2.45) is 0 Å². The molecule has 2 heterocycles. The Balaban J connectivity index is 2.02. The standard InChI is InChI=1S/C18H18N2O5S/c1-3-11-8-12-17(23)19-16(20-18(12)26-11)10-5-6-13(25-9-15(21)22)14(7-10)24-4-2/h5-8H,3-4,9H2,1-2H3,(H,21,22)(H,19,20,23). The molecule has 3 rings (SSSR count). The van der Waals surface area contributed by atoms with Crippen molar-refractivity contribution >= 4 is 27.5 Å². The molecule has 0 amide bonds. The lowest BCUT2D eigenvalue weighted by Crippen LogP contribution is -2.11. The maximum absolute atomic E-state index is 12.3. The van der Waals surface area contributed by atoms with Gasteiger partial charge in [-0.05, 0) is 37.6 Å². The summed E-state index contributed by atoms with van der Waals surface area (Å²) in [5, 5.41) is 9.35. The van der Waals surface area contributed by atoms with Crippen LogP contribution in [0.1, 0.15) is 18.7 Å². The van der Waals surface area contributed by atoms with E-state index in [0.29, 0.717) is 39.7 Å². The number of nitrogens with zero attached hydrogens (tertiary/aromatic N) is 1. The summed E-state index contributed by atoms with van der Waals surface area (Å²) in [6.45, 7) is 3.78. The van der Waals surface area contributed by atoms with Crippen molar-refractivity contribution in [3.8, 4) is 22.9 Å². The van der Waals surface area contributed by atoms with Crippen LogP contribution in [-0.2, 0) is 11.2 Å². The van der Waals surface area contributed by atoms with E-state index in [4.69, 9.17) is 14.6 Å². The summed E-state index contributed by atoms with van der Waals surface area (Å²) < 4.78 is 10.8. The van der Waals surface area contributed by atoms with Crippen LogP contribution >= 0.6 is 11.3 Å². The summed E-state index contributed by atoms with van der Waals surface area (Å²) in [5.41, 5.74) is 0.465. The van der Waals surface area contributed by atoms with E-state index in [9.17, 15) is 9.59 Å². The van der Waals surface area contributed by atoms with E-state index in [-0.39, 0.29) is 5.56 Å². The summed E-state index contributed by atoms with van der Waals surface area (Å²) in [6, 6.07) is 6.86. The summed E-state index contributed by atoms with van der Waals surface area (Å²) in [6.07, 6.45) is 0.847. The molecule has 2 aromatic heterocycles. The van der Waals surface area contributed by atoms with Crippen molar-refractivity contribution in [2.45, 2.75) is 20.3 Å². The number of nitrogens with one attached hydrogen (secondary N) is 1. The van der Waals surface area contributed by atoms with E-state index in [0.717, 1.165) is 11.3 Å². The lowest BCUT2D eigenvalue weighted by molar-refractivity contribution is -0.139. The number of aryl methyl sites for hydroxylation is 1. The van der Waals surface area contributed by atoms with Gasteiger partial charge in [0.2, 0.25) is 0 Å². The van der Waals surface area contributed by atoms with Crippen LogP contribution in [0, 0.1) is 0 Å². The number of carboxylic acid groups (broad SMARTS) is 1. The molecule has 7 nitrogen and oxygen atoms in total. The van der Waals surface area contributed by atoms with Gasteiger partial charge in [-0.15, -0.1) is 11.3 Å². The molecule has 0 bridgehead atoms. The normalized spacial score (nSPS) is 10.8. The molecule has 0 aliphatic carbocycles. The number of fused-ring (bicyclic) bond motifs is 1. The number of aromatic nitrogens is 2. The monoisotopic (exact) mass is 374 g/mol.